The predicted molar refractivity (Wildman–Crippen MR) is 66.4 cm³/mol. The van der Waals surface area contributed by atoms with E-state index >= 15 is 0 Å². The van der Waals surface area contributed by atoms with Crippen molar-refractivity contribution in [3.05, 3.63) is 35.4 Å². The van der Waals surface area contributed by atoms with Crippen molar-refractivity contribution in [3.8, 4) is 0 Å². The van der Waals surface area contributed by atoms with Gasteiger partial charge >= 0.3 is 0 Å². The molecular formula is C14H20N2. The minimum Gasteiger partial charge on any atom is -0.301 e. The molecule has 0 spiro atoms. The lowest BCUT2D eigenvalue weighted by Crippen LogP contribution is -2.51. The van der Waals surface area contributed by atoms with Crippen LogP contribution < -0.4 is 5.32 Å². The van der Waals surface area contributed by atoms with Crippen LogP contribution in [0.2, 0.25) is 0 Å². The third-order valence-corrected chi connectivity index (χ3v) is 3.90. The third-order valence-electron chi connectivity index (χ3n) is 3.90. The van der Waals surface area contributed by atoms with Crippen molar-refractivity contribution in [1.82, 2.24) is 10.2 Å². The van der Waals surface area contributed by atoms with Gasteiger partial charge in [0.2, 0.25) is 0 Å². The highest BCUT2D eigenvalue weighted by atomic mass is 15.3. The molecule has 1 N–H and O–H groups in total. The van der Waals surface area contributed by atoms with Crippen LogP contribution in [-0.2, 0) is 0 Å². The number of benzene rings is 1. The second-order valence-electron chi connectivity index (χ2n) is 5.98. The molecule has 2 heteroatoms. The molecule has 0 radical (unpaired) electrons. The van der Waals surface area contributed by atoms with Gasteiger partial charge < -0.3 is 5.32 Å². The summed E-state index contributed by atoms with van der Waals surface area (Å²) in [5.74, 6) is 0. The molecule has 2 aliphatic rings. The molecule has 1 aromatic carbocycles. The van der Waals surface area contributed by atoms with Gasteiger partial charge in [0, 0.05) is 30.7 Å². The van der Waals surface area contributed by atoms with E-state index in [4.69, 9.17) is 0 Å². The summed E-state index contributed by atoms with van der Waals surface area (Å²) in [5.41, 5.74) is 3.30. The molecule has 1 saturated heterocycles. The number of fused-ring (bicyclic) bond motifs is 5. The maximum Gasteiger partial charge on any atom is 0.0458 e. The van der Waals surface area contributed by atoms with Gasteiger partial charge in [-0.2, -0.15) is 0 Å². The summed E-state index contributed by atoms with van der Waals surface area (Å²) >= 11 is 0. The van der Waals surface area contributed by atoms with Gasteiger partial charge in [-0.3, -0.25) is 4.90 Å². The maximum atomic E-state index is 3.72. The standard InChI is InChI=1S/C14H20N2/c1-14(2,3)16-8-12-10-6-4-5-7-11(10)13(9-16)15-12/h4-7,12-13,15H,8-9H2,1-3H3. The number of nitrogens with zero attached hydrogens (tertiary/aromatic N) is 1. The van der Waals surface area contributed by atoms with Crippen LogP contribution >= 0.6 is 0 Å². The summed E-state index contributed by atoms with van der Waals surface area (Å²) < 4.78 is 0. The second-order valence-corrected chi connectivity index (χ2v) is 5.98. The number of piperazine rings is 1. The van der Waals surface area contributed by atoms with Crippen molar-refractivity contribution in [2.45, 2.75) is 38.4 Å². The molecule has 2 heterocycles. The van der Waals surface area contributed by atoms with E-state index in [1.54, 1.807) is 0 Å². The first-order valence-corrected chi connectivity index (χ1v) is 6.15. The first-order chi connectivity index (χ1) is 7.55. The van der Waals surface area contributed by atoms with Crippen LogP contribution in [0.4, 0.5) is 0 Å². The van der Waals surface area contributed by atoms with Gasteiger partial charge in [-0.25, -0.2) is 0 Å². The molecular weight excluding hydrogens is 196 g/mol. The van der Waals surface area contributed by atoms with Crippen molar-refractivity contribution in [2.24, 2.45) is 0 Å². The first-order valence-electron chi connectivity index (χ1n) is 6.15. The molecule has 0 aromatic heterocycles. The number of rotatable bonds is 0. The molecule has 3 rings (SSSR count). The quantitative estimate of drug-likeness (QED) is 0.717. The predicted octanol–water partition coefficient (Wildman–Crippen LogP) is 2.49. The Labute approximate surface area is 97.6 Å². The highest BCUT2D eigenvalue weighted by Crippen LogP contribution is 2.39. The summed E-state index contributed by atoms with van der Waals surface area (Å²) in [6.45, 7) is 9.20. The molecule has 2 bridgehead atoms. The zero-order chi connectivity index (χ0) is 11.3. The van der Waals surface area contributed by atoms with E-state index in [1.807, 2.05) is 0 Å². The Hall–Kier alpha value is -0.860. The Morgan fingerprint density at radius 1 is 1.06 bits per heavy atom. The van der Waals surface area contributed by atoms with Crippen molar-refractivity contribution in [1.29, 1.82) is 0 Å². The fraction of sp³-hybridized carbons (Fsp3) is 0.571. The molecule has 2 unspecified atom stereocenters. The molecule has 0 saturated carbocycles. The van der Waals surface area contributed by atoms with Crippen LogP contribution in [0.5, 0.6) is 0 Å². The minimum atomic E-state index is 0.278. The van der Waals surface area contributed by atoms with E-state index in [-0.39, 0.29) is 5.54 Å². The fourth-order valence-electron chi connectivity index (χ4n) is 2.93. The summed E-state index contributed by atoms with van der Waals surface area (Å²) in [5, 5.41) is 3.72. The van der Waals surface area contributed by atoms with Crippen LogP contribution in [0.25, 0.3) is 0 Å². The topological polar surface area (TPSA) is 15.3 Å². The molecule has 2 atom stereocenters. The lowest BCUT2D eigenvalue weighted by atomic mass is 10.0. The van der Waals surface area contributed by atoms with Gasteiger partial charge in [-0.05, 0) is 31.9 Å². The van der Waals surface area contributed by atoms with Gasteiger partial charge in [0.25, 0.3) is 0 Å². The monoisotopic (exact) mass is 216 g/mol. The molecule has 86 valence electrons. The Bertz CT molecular complexity index is 374. The Morgan fingerprint density at radius 3 is 2.00 bits per heavy atom. The van der Waals surface area contributed by atoms with Crippen LogP contribution in [0.15, 0.2) is 24.3 Å². The fourth-order valence-corrected chi connectivity index (χ4v) is 2.93. The summed E-state index contributed by atoms with van der Waals surface area (Å²) in [6, 6.07) is 9.94. The Balaban J connectivity index is 1.94. The molecule has 1 aromatic rings. The van der Waals surface area contributed by atoms with E-state index < -0.39 is 0 Å². The highest BCUT2D eigenvalue weighted by Gasteiger charge is 2.39. The smallest absolute Gasteiger partial charge is 0.0458 e. The van der Waals surface area contributed by atoms with Crippen molar-refractivity contribution < 1.29 is 0 Å². The molecule has 1 fully saturated rings. The van der Waals surface area contributed by atoms with Crippen LogP contribution in [0.3, 0.4) is 0 Å². The van der Waals surface area contributed by atoms with Crippen LogP contribution in [-0.4, -0.2) is 23.5 Å². The summed E-state index contributed by atoms with van der Waals surface area (Å²) in [6.07, 6.45) is 0. The van der Waals surface area contributed by atoms with Crippen LogP contribution in [0, 0.1) is 0 Å². The minimum absolute atomic E-state index is 0.278. The van der Waals surface area contributed by atoms with Crippen molar-refractivity contribution in [2.75, 3.05) is 13.1 Å². The third kappa shape index (κ3) is 1.48. The molecule has 0 amide bonds. The van der Waals surface area contributed by atoms with E-state index in [2.05, 4.69) is 55.3 Å². The molecule has 2 aliphatic heterocycles. The first kappa shape index (κ1) is 10.3. The highest BCUT2D eigenvalue weighted by molar-refractivity contribution is 5.39. The number of hydrogen-bond donors (Lipinski definition) is 1. The zero-order valence-electron chi connectivity index (χ0n) is 10.3. The lowest BCUT2D eigenvalue weighted by Gasteiger charge is -2.42. The van der Waals surface area contributed by atoms with E-state index in [0.717, 1.165) is 13.1 Å². The van der Waals surface area contributed by atoms with Crippen molar-refractivity contribution >= 4 is 0 Å². The van der Waals surface area contributed by atoms with Crippen LogP contribution in [0.1, 0.15) is 44.0 Å². The van der Waals surface area contributed by atoms with E-state index in [0.29, 0.717) is 12.1 Å². The maximum absolute atomic E-state index is 3.72. The van der Waals surface area contributed by atoms with Crippen molar-refractivity contribution in [3.63, 3.8) is 0 Å². The second kappa shape index (κ2) is 3.31. The van der Waals surface area contributed by atoms with Gasteiger partial charge in [0.1, 0.15) is 0 Å². The number of nitrogens with one attached hydrogen (secondary N) is 1. The lowest BCUT2D eigenvalue weighted by molar-refractivity contribution is 0.0814. The summed E-state index contributed by atoms with van der Waals surface area (Å²) in [4.78, 5) is 2.60. The van der Waals surface area contributed by atoms with E-state index in [9.17, 15) is 0 Å². The average Bonchev–Trinajstić information content (AvgIpc) is 2.51. The normalized spacial score (nSPS) is 29.2. The zero-order valence-corrected chi connectivity index (χ0v) is 10.3. The molecule has 0 aliphatic carbocycles. The van der Waals surface area contributed by atoms with Gasteiger partial charge in [0.15, 0.2) is 0 Å². The number of hydrogen-bond acceptors (Lipinski definition) is 2. The van der Waals surface area contributed by atoms with Gasteiger partial charge in [-0.15, -0.1) is 0 Å². The molecule has 2 nitrogen and oxygen atoms in total. The summed E-state index contributed by atoms with van der Waals surface area (Å²) in [7, 11) is 0. The van der Waals surface area contributed by atoms with E-state index in [1.165, 1.54) is 11.1 Å². The average molecular weight is 216 g/mol. The van der Waals surface area contributed by atoms with Gasteiger partial charge in [-0.1, -0.05) is 24.3 Å². The Kier molecular flexibility index (Phi) is 2.13. The SMILES string of the molecule is CC(C)(C)N1CC2NC(C1)c1ccccc12. The molecule has 16 heavy (non-hydrogen) atoms. The van der Waals surface area contributed by atoms with Gasteiger partial charge in [0.05, 0.1) is 0 Å². The largest absolute Gasteiger partial charge is 0.301 e. The Morgan fingerprint density at radius 2 is 1.56 bits per heavy atom.